The molecule has 232 valence electrons. The van der Waals surface area contributed by atoms with Gasteiger partial charge in [-0.2, -0.15) is 4.74 Å². The molecule has 8 nitrogen and oxygen atoms in total. The molecule has 0 unspecified atom stereocenters. The maximum atomic E-state index is 12.1. The van der Waals surface area contributed by atoms with E-state index in [2.05, 4.69) is 29.9 Å². The monoisotopic (exact) mass is 703 g/mol. The van der Waals surface area contributed by atoms with Crippen LogP contribution in [-0.4, -0.2) is 40.9 Å². The molecular weight excluding hydrogens is 672 g/mol. The Labute approximate surface area is 287 Å². The van der Waals surface area contributed by atoms with Crippen molar-refractivity contribution < 1.29 is 24.2 Å². The van der Waals surface area contributed by atoms with Crippen LogP contribution >= 0.6 is 0 Å². The summed E-state index contributed by atoms with van der Waals surface area (Å²) in [6.07, 6.45) is 12.1. The van der Waals surface area contributed by atoms with Gasteiger partial charge in [0.2, 0.25) is 5.69 Å². The number of hydrogen-bond acceptors (Lipinski definition) is 7. The third-order valence-corrected chi connectivity index (χ3v) is 6.42. The van der Waals surface area contributed by atoms with Gasteiger partial charge in [-0.15, -0.1) is 0 Å². The number of aryl methyl sites for hydroxylation is 1. The van der Waals surface area contributed by atoms with Gasteiger partial charge in [0.05, 0.1) is 34.2 Å². The Morgan fingerprint density at radius 3 is 1.28 bits per heavy atom. The molecular formula is C38H31N7ORu. The first-order valence-corrected chi connectivity index (χ1v) is 14.6. The molecule has 0 bridgehead atoms. The topological polar surface area (TPSA) is 103 Å². The Kier molecular flexibility index (Phi) is 13.2. The van der Waals surface area contributed by atoms with Crippen LogP contribution in [0.3, 0.4) is 0 Å². The van der Waals surface area contributed by atoms with Crippen molar-refractivity contribution in [2.45, 2.75) is 6.92 Å². The van der Waals surface area contributed by atoms with Crippen LogP contribution in [0.25, 0.3) is 34.2 Å². The molecule has 1 aromatic carbocycles. The SMILES string of the molecule is Cc1ccnc(-c2cc(/C=[N+](\[O-])c3ccccc3)ccn2)c1.[Ru].c1ccc(-c2ccccn2)nc1.c1ccc(-c2ccccn2)nc1. The predicted molar refractivity (Wildman–Crippen MR) is 182 cm³/mol. The second kappa shape index (κ2) is 18.2. The average Bonchev–Trinajstić information content (AvgIpc) is 3.14. The zero-order chi connectivity index (χ0) is 31.8. The van der Waals surface area contributed by atoms with Crippen molar-refractivity contribution in [3.05, 3.63) is 181 Å². The van der Waals surface area contributed by atoms with Gasteiger partial charge in [-0.05, 0) is 85.3 Å². The second-order valence-corrected chi connectivity index (χ2v) is 9.84. The van der Waals surface area contributed by atoms with Crippen molar-refractivity contribution >= 4 is 11.9 Å². The van der Waals surface area contributed by atoms with Gasteiger partial charge in [0.15, 0.2) is 6.21 Å². The van der Waals surface area contributed by atoms with Gasteiger partial charge < -0.3 is 5.21 Å². The molecule has 0 saturated carbocycles. The molecule has 6 aromatic heterocycles. The number of benzene rings is 1. The molecule has 0 spiro atoms. The van der Waals surface area contributed by atoms with E-state index in [1.54, 1.807) is 55.4 Å². The summed E-state index contributed by atoms with van der Waals surface area (Å²) < 4.78 is 0.850. The molecule has 7 aromatic rings. The van der Waals surface area contributed by atoms with E-state index in [0.29, 0.717) is 5.69 Å². The van der Waals surface area contributed by atoms with Crippen molar-refractivity contribution in [3.8, 4) is 34.2 Å². The molecule has 0 aliphatic heterocycles. The van der Waals surface area contributed by atoms with E-state index in [-0.39, 0.29) is 19.5 Å². The van der Waals surface area contributed by atoms with Crippen molar-refractivity contribution in [2.75, 3.05) is 0 Å². The van der Waals surface area contributed by atoms with Gasteiger partial charge in [0, 0.05) is 74.4 Å². The Hall–Kier alpha value is -5.79. The Morgan fingerprint density at radius 1 is 0.447 bits per heavy atom. The number of aromatic nitrogens is 6. The van der Waals surface area contributed by atoms with Crippen molar-refractivity contribution in [2.24, 2.45) is 0 Å². The summed E-state index contributed by atoms with van der Waals surface area (Å²) in [5, 5.41) is 12.1. The molecule has 0 amide bonds. The van der Waals surface area contributed by atoms with Gasteiger partial charge >= 0.3 is 0 Å². The Bertz CT molecular complexity index is 1800. The predicted octanol–water partition coefficient (Wildman–Crippen LogP) is 8.00. The molecule has 9 heteroatoms. The summed E-state index contributed by atoms with van der Waals surface area (Å²) in [7, 11) is 0. The summed E-state index contributed by atoms with van der Waals surface area (Å²) in [5.74, 6) is 0. The molecule has 0 fully saturated rings. The molecule has 0 saturated heterocycles. The van der Waals surface area contributed by atoms with Crippen molar-refractivity contribution in [3.63, 3.8) is 0 Å². The first kappa shape index (κ1) is 34.1. The number of rotatable bonds is 5. The van der Waals surface area contributed by atoms with Crippen LogP contribution in [0.4, 0.5) is 5.69 Å². The maximum absolute atomic E-state index is 12.1. The van der Waals surface area contributed by atoms with Gasteiger partial charge in [-0.1, -0.05) is 42.5 Å². The molecule has 0 radical (unpaired) electrons. The summed E-state index contributed by atoms with van der Waals surface area (Å²) >= 11 is 0. The summed E-state index contributed by atoms with van der Waals surface area (Å²) in [6.45, 7) is 2.01. The van der Waals surface area contributed by atoms with Gasteiger partial charge in [-0.3, -0.25) is 29.9 Å². The van der Waals surface area contributed by atoms with E-state index in [1.165, 1.54) is 6.21 Å². The molecule has 7 rings (SSSR count). The minimum atomic E-state index is 0. The van der Waals surface area contributed by atoms with Crippen LogP contribution < -0.4 is 0 Å². The van der Waals surface area contributed by atoms with Crippen molar-refractivity contribution in [1.29, 1.82) is 0 Å². The largest absolute Gasteiger partial charge is 0.618 e. The molecule has 6 heterocycles. The van der Waals surface area contributed by atoms with Gasteiger partial charge in [-0.25, -0.2) is 0 Å². The van der Waals surface area contributed by atoms with E-state index in [9.17, 15) is 5.21 Å². The first-order valence-electron chi connectivity index (χ1n) is 14.6. The van der Waals surface area contributed by atoms with Gasteiger partial charge in [0.1, 0.15) is 0 Å². The van der Waals surface area contributed by atoms with E-state index in [1.807, 2.05) is 116 Å². The molecule has 47 heavy (non-hydrogen) atoms. The third-order valence-electron chi connectivity index (χ3n) is 6.42. The number of hydrogen-bond donors (Lipinski definition) is 0. The summed E-state index contributed by atoms with van der Waals surface area (Å²) in [4.78, 5) is 25.4. The molecule has 0 N–H and O–H groups in total. The molecule has 0 aliphatic carbocycles. The Balaban J connectivity index is 0.000000170. The molecule has 0 atom stereocenters. The number of pyridine rings is 6. The maximum Gasteiger partial charge on any atom is 0.216 e. The minimum absolute atomic E-state index is 0. The number of nitrogens with zero attached hydrogens (tertiary/aromatic N) is 7. The van der Waals surface area contributed by atoms with Crippen LogP contribution in [0.2, 0.25) is 0 Å². The standard InChI is InChI=1S/C18H15N3O.2C10H8N2.Ru/c1-14-7-9-19-17(11-14)18-12-15(8-10-20-18)13-21(22)16-5-3-2-4-6-16;2*1-3-7-11-9(5-1)10-6-2-4-8-12-10;/h2-13H,1H3;2*1-8H;/b21-13-;;;. The van der Waals surface area contributed by atoms with Crippen LogP contribution in [0.1, 0.15) is 11.1 Å². The fourth-order valence-corrected chi connectivity index (χ4v) is 4.19. The van der Waals surface area contributed by atoms with Gasteiger partial charge in [0.25, 0.3) is 0 Å². The number of para-hydroxylation sites is 1. The fraction of sp³-hybridized carbons (Fsp3) is 0.0263. The summed E-state index contributed by atoms with van der Waals surface area (Å²) in [6, 6.07) is 39.8. The third kappa shape index (κ3) is 10.7. The van der Waals surface area contributed by atoms with Crippen LogP contribution in [0.5, 0.6) is 0 Å². The van der Waals surface area contributed by atoms with E-state index < -0.39 is 0 Å². The Morgan fingerprint density at radius 2 is 0.851 bits per heavy atom. The van der Waals surface area contributed by atoms with Crippen LogP contribution in [-0.2, 0) is 19.5 Å². The first-order chi connectivity index (χ1) is 22.7. The summed E-state index contributed by atoms with van der Waals surface area (Å²) in [5.41, 5.74) is 7.70. The minimum Gasteiger partial charge on any atom is -0.618 e. The normalized spacial score (nSPS) is 10.3. The fourth-order valence-electron chi connectivity index (χ4n) is 4.19. The van der Waals surface area contributed by atoms with E-state index in [4.69, 9.17) is 0 Å². The zero-order valence-corrected chi connectivity index (χ0v) is 27.3. The molecule has 0 aliphatic rings. The second-order valence-electron chi connectivity index (χ2n) is 9.84. The quantitative estimate of drug-likeness (QED) is 0.0589. The van der Waals surface area contributed by atoms with Crippen LogP contribution in [0, 0.1) is 12.1 Å². The van der Waals surface area contributed by atoms with Crippen LogP contribution in [0.15, 0.2) is 165 Å². The smallest absolute Gasteiger partial charge is 0.216 e. The zero-order valence-electron chi connectivity index (χ0n) is 25.6. The van der Waals surface area contributed by atoms with Crippen molar-refractivity contribution in [1.82, 2.24) is 29.9 Å². The average molecular weight is 703 g/mol. The van der Waals surface area contributed by atoms with E-state index in [0.717, 1.165) is 50.0 Å². The van der Waals surface area contributed by atoms with E-state index >= 15 is 0 Å².